The topological polar surface area (TPSA) is 85.5 Å². The molecular formula is C22H15F4N5O2. The number of nitrogens with zero attached hydrogens (tertiary/aromatic N) is 3. The number of aromatic nitrogens is 2. The number of nitrogens with one attached hydrogen (secondary N) is 1. The van der Waals surface area contributed by atoms with Crippen molar-refractivity contribution in [2.24, 2.45) is 5.84 Å². The van der Waals surface area contributed by atoms with Gasteiger partial charge in [-0.25, -0.2) is 27.5 Å². The van der Waals surface area contributed by atoms with E-state index < -0.39 is 23.3 Å². The third-order valence-corrected chi connectivity index (χ3v) is 4.30. The van der Waals surface area contributed by atoms with E-state index in [1.54, 1.807) is 12.1 Å². The Morgan fingerprint density at radius 2 is 1.12 bits per heavy atom. The summed E-state index contributed by atoms with van der Waals surface area (Å²) in [5.41, 5.74) is 3.37. The van der Waals surface area contributed by atoms with Gasteiger partial charge in [-0.1, -0.05) is 0 Å². The minimum Gasteiger partial charge on any atom is -0.436 e. The highest BCUT2D eigenvalue weighted by Crippen LogP contribution is 2.29. The number of pyridine rings is 2. The van der Waals surface area contributed by atoms with Gasteiger partial charge in [0.25, 0.3) is 0 Å². The lowest BCUT2D eigenvalue weighted by Gasteiger charge is -2.22. The molecule has 2 heterocycles. The van der Waals surface area contributed by atoms with Crippen molar-refractivity contribution in [2.75, 3.05) is 5.01 Å². The van der Waals surface area contributed by atoms with Gasteiger partial charge < -0.3 is 9.47 Å². The number of nitrogens with two attached hydrogens (primary N) is 1. The number of rotatable bonds is 7. The molecule has 0 amide bonds. The van der Waals surface area contributed by atoms with Crippen LogP contribution in [0.1, 0.15) is 0 Å². The molecular weight excluding hydrogens is 442 g/mol. The number of benzene rings is 2. The first kappa shape index (κ1) is 22.0. The predicted molar refractivity (Wildman–Crippen MR) is 111 cm³/mol. The molecule has 7 nitrogen and oxygen atoms in total. The van der Waals surface area contributed by atoms with Gasteiger partial charge in [0, 0.05) is 24.3 Å². The molecule has 0 aliphatic carbocycles. The normalized spacial score (nSPS) is 10.7. The number of halogens is 4. The second kappa shape index (κ2) is 9.51. The maximum atomic E-state index is 13.7. The van der Waals surface area contributed by atoms with Crippen LogP contribution in [0, 0.1) is 23.3 Å². The lowest BCUT2D eigenvalue weighted by atomic mass is 10.3. The van der Waals surface area contributed by atoms with Crippen LogP contribution < -0.4 is 25.9 Å². The van der Waals surface area contributed by atoms with Gasteiger partial charge in [-0.05, 0) is 36.4 Å². The molecule has 2 aromatic carbocycles. The Hall–Kier alpha value is -4.22. The van der Waals surface area contributed by atoms with Crippen LogP contribution in [0.25, 0.3) is 0 Å². The lowest BCUT2D eigenvalue weighted by molar-refractivity contribution is 0.422. The summed E-state index contributed by atoms with van der Waals surface area (Å²) in [6, 6.07) is 11.6. The van der Waals surface area contributed by atoms with E-state index in [1.165, 1.54) is 29.5 Å². The van der Waals surface area contributed by atoms with Crippen molar-refractivity contribution in [3.63, 3.8) is 0 Å². The van der Waals surface area contributed by atoms with Crippen molar-refractivity contribution >= 4 is 11.4 Å². The van der Waals surface area contributed by atoms with Crippen molar-refractivity contribution in [3.05, 3.63) is 96.3 Å². The average Bonchev–Trinajstić information content (AvgIpc) is 2.81. The highest BCUT2D eigenvalue weighted by atomic mass is 19.1. The van der Waals surface area contributed by atoms with Gasteiger partial charge in [0.2, 0.25) is 11.8 Å². The summed E-state index contributed by atoms with van der Waals surface area (Å²) in [5, 5.41) is 1.40. The highest BCUT2D eigenvalue weighted by molar-refractivity contribution is 5.60. The molecule has 0 fully saturated rings. The van der Waals surface area contributed by atoms with Gasteiger partial charge in [-0.15, -0.1) is 0 Å². The maximum absolute atomic E-state index is 13.7. The fraction of sp³-hybridized carbons (Fsp3) is 0. The molecule has 33 heavy (non-hydrogen) atoms. The van der Waals surface area contributed by atoms with Crippen molar-refractivity contribution in [3.8, 4) is 23.3 Å². The zero-order valence-electron chi connectivity index (χ0n) is 16.7. The molecule has 0 aliphatic rings. The van der Waals surface area contributed by atoms with E-state index in [9.17, 15) is 17.6 Å². The Morgan fingerprint density at radius 3 is 1.48 bits per heavy atom. The first-order chi connectivity index (χ1) is 15.9. The predicted octanol–water partition coefficient (Wildman–Crippen LogP) is 5.13. The van der Waals surface area contributed by atoms with E-state index in [2.05, 4.69) is 15.5 Å². The first-order valence-electron chi connectivity index (χ1n) is 9.37. The summed E-state index contributed by atoms with van der Waals surface area (Å²) >= 11 is 0. The van der Waals surface area contributed by atoms with Gasteiger partial charge in [-0.3, -0.25) is 10.9 Å². The van der Waals surface area contributed by atoms with Crippen molar-refractivity contribution in [2.45, 2.75) is 0 Å². The minimum absolute atomic E-state index is 0.0271. The molecule has 0 radical (unpaired) electrons. The molecule has 3 N–H and O–H groups in total. The van der Waals surface area contributed by atoms with Crippen LogP contribution in [0.15, 0.2) is 73.1 Å². The van der Waals surface area contributed by atoms with Crippen LogP contribution in [-0.2, 0) is 0 Å². The van der Waals surface area contributed by atoms with E-state index >= 15 is 0 Å². The molecule has 0 unspecified atom stereocenters. The fourth-order valence-corrected chi connectivity index (χ4v) is 2.76. The fourth-order valence-electron chi connectivity index (χ4n) is 2.76. The number of hydrogen-bond acceptors (Lipinski definition) is 7. The molecule has 0 atom stereocenters. The Morgan fingerprint density at radius 1 is 0.667 bits per heavy atom. The quantitative estimate of drug-likeness (QED) is 0.226. The van der Waals surface area contributed by atoms with E-state index in [0.29, 0.717) is 11.4 Å². The van der Waals surface area contributed by atoms with Gasteiger partial charge in [0.15, 0.2) is 23.1 Å². The van der Waals surface area contributed by atoms with Crippen LogP contribution in [0.2, 0.25) is 0 Å². The minimum atomic E-state index is -0.737. The smallest absolute Gasteiger partial charge is 0.219 e. The summed E-state index contributed by atoms with van der Waals surface area (Å²) in [5.74, 6) is 2.27. The zero-order valence-corrected chi connectivity index (χ0v) is 16.7. The number of hydrogen-bond donors (Lipinski definition) is 2. The summed E-state index contributed by atoms with van der Waals surface area (Å²) in [6.45, 7) is 0. The summed E-state index contributed by atoms with van der Waals surface area (Å²) in [6.07, 6.45) is 2.75. The third kappa shape index (κ3) is 5.17. The second-order valence-electron chi connectivity index (χ2n) is 6.53. The van der Waals surface area contributed by atoms with Crippen molar-refractivity contribution in [1.82, 2.24) is 15.5 Å². The number of hydrazine groups is 2. The van der Waals surface area contributed by atoms with Crippen molar-refractivity contribution < 1.29 is 27.0 Å². The van der Waals surface area contributed by atoms with Crippen LogP contribution >= 0.6 is 0 Å². The molecule has 4 rings (SSSR count). The number of anilines is 2. The Labute approximate surface area is 185 Å². The molecule has 2 aromatic heterocycles. The first-order valence-corrected chi connectivity index (χ1v) is 9.37. The summed E-state index contributed by atoms with van der Waals surface area (Å²) in [7, 11) is 0. The molecule has 0 spiro atoms. The summed E-state index contributed by atoms with van der Waals surface area (Å²) < 4.78 is 64.6. The SMILES string of the molecule is NNN(c1ccc(Oc2cc(F)ccc2F)nc1)c1ccc(Oc2cc(F)ccc2F)nc1. The van der Waals surface area contributed by atoms with Crippen LogP contribution in [0.4, 0.5) is 28.9 Å². The molecule has 0 aliphatic heterocycles. The second-order valence-corrected chi connectivity index (χ2v) is 6.53. The van der Waals surface area contributed by atoms with Gasteiger partial charge in [-0.2, -0.15) is 5.53 Å². The lowest BCUT2D eigenvalue weighted by Crippen LogP contribution is -2.39. The van der Waals surface area contributed by atoms with Crippen LogP contribution in [0.5, 0.6) is 23.3 Å². The van der Waals surface area contributed by atoms with Crippen LogP contribution in [-0.4, -0.2) is 9.97 Å². The average molecular weight is 457 g/mol. The highest BCUT2D eigenvalue weighted by Gasteiger charge is 2.13. The molecule has 4 aromatic rings. The van der Waals surface area contributed by atoms with E-state index in [4.69, 9.17) is 15.3 Å². The molecule has 0 saturated carbocycles. The van der Waals surface area contributed by atoms with Crippen molar-refractivity contribution in [1.29, 1.82) is 0 Å². The van der Waals surface area contributed by atoms with Gasteiger partial charge >= 0.3 is 0 Å². The standard InChI is InChI=1S/C22H15F4N5O2/c23-13-1-5-17(25)19(9-13)32-21-7-3-15(11-28-21)31(30-27)16-4-8-22(29-12-16)33-20-10-14(24)2-6-18(20)26/h1-12,30H,27H2. The van der Waals surface area contributed by atoms with E-state index in [0.717, 1.165) is 36.4 Å². The van der Waals surface area contributed by atoms with E-state index in [-0.39, 0.29) is 23.3 Å². The Balaban J connectivity index is 1.49. The molecule has 11 heteroatoms. The van der Waals surface area contributed by atoms with Gasteiger partial charge in [0.1, 0.15) is 11.6 Å². The van der Waals surface area contributed by atoms with Gasteiger partial charge in [0.05, 0.1) is 23.8 Å². The molecule has 168 valence electrons. The molecule has 0 saturated heterocycles. The monoisotopic (exact) mass is 457 g/mol. The third-order valence-electron chi connectivity index (χ3n) is 4.30. The maximum Gasteiger partial charge on any atom is 0.219 e. The zero-order chi connectivity index (χ0) is 23.4. The summed E-state index contributed by atoms with van der Waals surface area (Å²) in [4.78, 5) is 8.12. The van der Waals surface area contributed by atoms with E-state index in [1.807, 2.05) is 0 Å². The van der Waals surface area contributed by atoms with Crippen LogP contribution in [0.3, 0.4) is 0 Å². The Kier molecular flexibility index (Phi) is 6.33. The Bertz CT molecular complexity index is 1160. The largest absolute Gasteiger partial charge is 0.436 e. The number of ether oxygens (including phenoxy) is 2. The molecule has 0 bridgehead atoms.